The number of methoxy groups -OCH3 is 1. The number of rotatable bonds is 3. The summed E-state index contributed by atoms with van der Waals surface area (Å²) in [7, 11) is 1.28. The topological polar surface area (TPSA) is 61.9 Å². The van der Waals surface area contributed by atoms with Gasteiger partial charge in [-0.3, -0.25) is 0 Å². The van der Waals surface area contributed by atoms with Crippen molar-refractivity contribution in [2.24, 2.45) is 0 Å². The minimum Gasteiger partial charge on any atom is -0.465 e. The largest absolute Gasteiger partial charge is 0.465 e. The number of nitrogens with one attached hydrogen (secondary N) is 1. The molecule has 0 saturated carbocycles. The van der Waals surface area contributed by atoms with Crippen LogP contribution in [0.15, 0.2) is 42.5 Å². The number of carbonyl (C=O) groups excluding carboxylic acids is 2. The lowest BCUT2D eigenvalue weighted by Crippen LogP contribution is -2.50. The zero-order valence-corrected chi connectivity index (χ0v) is 14.7. The number of amides is 2. The first-order valence-electron chi connectivity index (χ1n) is 8.43. The van der Waals surface area contributed by atoms with Crippen LogP contribution in [0.2, 0.25) is 0 Å². The maximum atomic E-state index is 13.4. The molecule has 3 rings (SSSR count). The van der Waals surface area contributed by atoms with Gasteiger partial charge in [-0.2, -0.15) is 0 Å². The summed E-state index contributed by atoms with van der Waals surface area (Å²) in [4.78, 5) is 27.8. The van der Waals surface area contributed by atoms with E-state index < -0.39 is 17.6 Å². The summed E-state index contributed by atoms with van der Waals surface area (Å²) in [6, 6.07) is 10.0. The van der Waals surface area contributed by atoms with Crippen molar-refractivity contribution in [2.45, 2.75) is 0 Å². The van der Waals surface area contributed by atoms with Gasteiger partial charge in [0.15, 0.2) is 11.6 Å². The second kappa shape index (κ2) is 8.03. The molecule has 0 atom stereocenters. The molecule has 2 aromatic carbocycles. The molecule has 27 heavy (non-hydrogen) atoms. The first-order valence-corrected chi connectivity index (χ1v) is 8.43. The molecule has 2 amide bonds. The Labute approximate surface area is 155 Å². The lowest BCUT2D eigenvalue weighted by Gasteiger charge is -2.36. The average Bonchev–Trinajstić information content (AvgIpc) is 2.70. The third-order valence-corrected chi connectivity index (χ3v) is 4.41. The number of urea groups is 1. The summed E-state index contributed by atoms with van der Waals surface area (Å²) in [5.41, 5.74) is 1.22. The van der Waals surface area contributed by atoms with Gasteiger partial charge in [-0.05, 0) is 24.3 Å². The molecule has 1 aliphatic heterocycles. The zero-order chi connectivity index (χ0) is 19.4. The van der Waals surface area contributed by atoms with Crippen LogP contribution in [0.4, 0.5) is 25.0 Å². The monoisotopic (exact) mass is 375 g/mol. The average molecular weight is 375 g/mol. The highest BCUT2D eigenvalue weighted by Gasteiger charge is 2.23. The fraction of sp³-hybridized carbons (Fsp3) is 0.263. The highest BCUT2D eigenvalue weighted by atomic mass is 19.2. The second-order valence-corrected chi connectivity index (χ2v) is 6.04. The van der Waals surface area contributed by atoms with Gasteiger partial charge in [-0.25, -0.2) is 18.4 Å². The molecule has 0 radical (unpaired) electrons. The summed E-state index contributed by atoms with van der Waals surface area (Å²) >= 11 is 0. The summed E-state index contributed by atoms with van der Waals surface area (Å²) in [5.74, 6) is -2.32. The van der Waals surface area contributed by atoms with E-state index in [9.17, 15) is 18.4 Å². The van der Waals surface area contributed by atoms with Crippen molar-refractivity contribution >= 4 is 23.4 Å². The van der Waals surface area contributed by atoms with Gasteiger partial charge >= 0.3 is 12.0 Å². The molecule has 1 aliphatic rings. The van der Waals surface area contributed by atoms with E-state index in [1.165, 1.54) is 13.2 Å². The SMILES string of the molecule is COC(=O)c1ccccc1NC(=O)N1CCN(c2ccc(F)c(F)c2)CC1. The molecule has 1 heterocycles. The number of ether oxygens (including phenoxy) is 1. The molecule has 1 saturated heterocycles. The molecule has 1 fully saturated rings. The maximum Gasteiger partial charge on any atom is 0.339 e. The molecular formula is C19H19F2N3O3. The predicted molar refractivity (Wildman–Crippen MR) is 96.9 cm³/mol. The predicted octanol–water partition coefficient (Wildman–Crippen LogP) is 3.11. The quantitative estimate of drug-likeness (QED) is 0.838. The van der Waals surface area contributed by atoms with E-state index in [1.807, 2.05) is 4.90 Å². The van der Waals surface area contributed by atoms with Crippen LogP contribution in [0.25, 0.3) is 0 Å². The van der Waals surface area contributed by atoms with Crippen LogP contribution in [0.1, 0.15) is 10.4 Å². The molecule has 0 spiro atoms. The standard InChI is InChI=1S/C19H19F2N3O3/c1-27-18(25)14-4-2-3-5-17(14)22-19(26)24-10-8-23(9-11-24)13-6-7-15(20)16(21)12-13/h2-7,12H,8-11H2,1H3,(H,22,26). The minimum atomic E-state index is -0.896. The number of carbonyl (C=O) groups is 2. The highest BCUT2D eigenvalue weighted by molar-refractivity contribution is 6.00. The van der Waals surface area contributed by atoms with Crippen LogP contribution in [-0.4, -0.2) is 50.2 Å². The molecule has 6 nitrogen and oxygen atoms in total. The van der Waals surface area contributed by atoms with Crippen molar-refractivity contribution in [1.29, 1.82) is 0 Å². The fourth-order valence-corrected chi connectivity index (χ4v) is 2.92. The van der Waals surface area contributed by atoms with Crippen LogP contribution in [-0.2, 0) is 4.74 Å². The summed E-state index contributed by atoms with van der Waals surface area (Å²) in [6.45, 7) is 1.78. The van der Waals surface area contributed by atoms with E-state index in [4.69, 9.17) is 4.74 Å². The van der Waals surface area contributed by atoms with Crippen LogP contribution in [0.5, 0.6) is 0 Å². The Bertz CT molecular complexity index is 852. The number of nitrogens with zero attached hydrogens (tertiary/aromatic N) is 2. The van der Waals surface area contributed by atoms with Crippen molar-refractivity contribution in [2.75, 3.05) is 43.5 Å². The Morgan fingerprint density at radius 3 is 2.37 bits per heavy atom. The molecule has 0 bridgehead atoms. The summed E-state index contributed by atoms with van der Waals surface area (Å²) < 4.78 is 31.2. The second-order valence-electron chi connectivity index (χ2n) is 6.04. The molecular weight excluding hydrogens is 356 g/mol. The lowest BCUT2D eigenvalue weighted by molar-refractivity contribution is 0.0602. The molecule has 142 valence electrons. The van der Waals surface area contributed by atoms with Gasteiger partial charge in [-0.15, -0.1) is 0 Å². The Morgan fingerprint density at radius 1 is 1.00 bits per heavy atom. The fourth-order valence-electron chi connectivity index (χ4n) is 2.92. The first-order chi connectivity index (χ1) is 13.0. The first kappa shape index (κ1) is 18.6. The summed E-state index contributed by atoms with van der Waals surface area (Å²) in [5, 5.41) is 2.72. The zero-order valence-electron chi connectivity index (χ0n) is 14.7. The molecule has 0 unspecified atom stereocenters. The molecule has 1 N–H and O–H groups in total. The number of benzene rings is 2. The maximum absolute atomic E-state index is 13.4. The van der Waals surface area contributed by atoms with Gasteiger partial charge < -0.3 is 19.9 Å². The van der Waals surface area contributed by atoms with Crippen LogP contribution in [0.3, 0.4) is 0 Å². The van der Waals surface area contributed by atoms with E-state index in [-0.39, 0.29) is 11.6 Å². The molecule has 0 aromatic heterocycles. The van der Waals surface area contributed by atoms with Crippen LogP contribution >= 0.6 is 0 Å². The summed E-state index contributed by atoms with van der Waals surface area (Å²) in [6.07, 6.45) is 0. The van der Waals surface area contributed by atoms with Crippen LogP contribution in [0, 0.1) is 11.6 Å². The van der Waals surface area contributed by atoms with Gasteiger partial charge in [0.1, 0.15) is 0 Å². The van der Waals surface area contributed by atoms with E-state index in [0.29, 0.717) is 37.6 Å². The van der Waals surface area contributed by atoms with Gasteiger partial charge in [0.05, 0.1) is 18.4 Å². The number of anilines is 2. The number of esters is 1. The van der Waals surface area contributed by atoms with Crippen molar-refractivity contribution in [1.82, 2.24) is 4.90 Å². The number of hydrogen-bond acceptors (Lipinski definition) is 4. The van der Waals surface area contributed by atoms with E-state index in [2.05, 4.69) is 5.32 Å². The molecule has 8 heteroatoms. The van der Waals surface area contributed by atoms with Crippen LogP contribution < -0.4 is 10.2 Å². The third kappa shape index (κ3) is 4.16. The Hall–Kier alpha value is -3.16. The van der Waals surface area contributed by atoms with Crippen molar-refractivity contribution < 1.29 is 23.1 Å². The number of piperazine rings is 1. The van der Waals surface area contributed by atoms with Crippen molar-refractivity contribution in [3.8, 4) is 0 Å². The normalized spacial score (nSPS) is 14.0. The van der Waals surface area contributed by atoms with Gasteiger partial charge in [0, 0.05) is 37.9 Å². The number of halogens is 2. The van der Waals surface area contributed by atoms with E-state index in [0.717, 1.165) is 12.1 Å². The Balaban J connectivity index is 1.62. The Morgan fingerprint density at radius 2 is 1.70 bits per heavy atom. The highest BCUT2D eigenvalue weighted by Crippen LogP contribution is 2.21. The molecule has 0 aliphatic carbocycles. The minimum absolute atomic E-state index is 0.272. The van der Waals surface area contributed by atoms with Crippen molar-refractivity contribution in [3.05, 3.63) is 59.7 Å². The van der Waals surface area contributed by atoms with Gasteiger partial charge in [0.25, 0.3) is 0 Å². The van der Waals surface area contributed by atoms with Gasteiger partial charge in [0.2, 0.25) is 0 Å². The van der Waals surface area contributed by atoms with E-state index >= 15 is 0 Å². The Kier molecular flexibility index (Phi) is 5.54. The smallest absolute Gasteiger partial charge is 0.339 e. The van der Waals surface area contributed by atoms with E-state index in [1.54, 1.807) is 29.2 Å². The lowest BCUT2D eigenvalue weighted by atomic mass is 10.2. The number of hydrogen-bond donors (Lipinski definition) is 1. The number of para-hydroxylation sites is 1. The molecule has 2 aromatic rings. The van der Waals surface area contributed by atoms with Gasteiger partial charge in [-0.1, -0.05) is 12.1 Å². The van der Waals surface area contributed by atoms with Crippen molar-refractivity contribution in [3.63, 3.8) is 0 Å². The third-order valence-electron chi connectivity index (χ3n) is 4.41.